The lowest BCUT2D eigenvalue weighted by atomic mass is 9.98. The summed E-state index contributed by atoms with van der Waals surface area (Å²) in [5, 5.41) is 2.16. The first kappa shape index (κ1) is 17.0. The first-order valence-electron chi connectivity index (χ1n) is 9.14. The molecule has 1 aliphatic rings. The second-order valence-electron chi connectivity index (χ2n) is 7.14. The van der Waals surface area contributed by atoms with E-state index in [4.69, 9.17) is 4.42 Å². The molecule has 140 valence electrons. The van der Waals surface area contributed by atoms with Gasteiger partial charge in [0, 0.05) is 26.4 Å². The number of halogens is 1. The highest BCUT2D eigenvalue weighted by Gasteiger charge is 2.34. The van der Waals surface area contributed by atoms with Gasteiger partial charge in [0.15, 0.2) is 0 Å². The molecule has 0 radical (unpaired) electrons. The van der Waals surface area contributed by atoms with Crippen LogP contribution in [0.2, 0.25) is 0 Å². The molecule has 3 nitrogen and oxygen atoms in total. The second kappa shape index (κ2) is 5.81. The second-order valence-corrected chi connectivity index (χ2v) is 9.88. The van der Waals surface area contributed by atoms with E-state index in [1.807, 2.05) is 42.5 Å². The summed E-state index contributed by atoms with van der Waals surface area (Å²) in [6, 6.07) is 24.9. The number of rotatable bonds is 1. The minimum Gasteiger partial charge on any atom is -0.456 e. The van der Waals surface area contributed by atoms with Crippen molar-refractivity contribution in [1.82, 2.24) is 0 Å². The van der Waals surface area contributed by atoms with Gasteiger partial charge in [0.05, 0.1) is 9.79 Å². The van der Waals surface area contributed by atoms with E-state index in [2.05, 4.69) is 34.1 Å². The lowest BCUT2D eigenvalue weighted by Crippen LogP contribution is -1.96. The Morgan fingerprint density at radius 1 is 0.690 bits per heavy atom. The van der Waals surface area contributed by atoms with Gasteiger partial charge in [-0.3, -0.25) is 0 Å². The quantitative estimate of drug-likeness (QED) is 0.270. The fraction of sp³-hybridized carbons (Fsp3) is 0. The summed E-state index contributed by atoms with van der Waals surface area (Å²) in [5.74, 6) is 0. The number of benzene rings is 4. The van der Waals surface area contributed by atoms with Crippen LogP contribution in [-0.4, -0.2) is 8.42 Å². The van der Waals surface area contributed by atoms with Gasteiger partial charge in [-0.25, -0.2) is 8.42 Å². The largest absolute Gasteiger partial charge is 0.456 e. The van der Waals surface area contributed by atoms with E-state index in [-0.39, 0.29) is 0 Å². The average molecular weight is 461 g/mol. The Kier molecular flexibility index (Phi) is 3.41. The van der Waals surface area contributed by atoms with Crippen LogP contribution >= 0.6 is 15.9 Å². The molecular formula is C24H13BrO3S. The Bertz CT molecular complexity index is 1580. The lowest BCUT2D eigenvalue weighted by Gasteiger charge is -2.06. The molecule has 2 heterocycles. The lowest BCUT2D eigenvalue weighted by molar-refractivity contribution is 0.598. The summed E-state index contributed by atoms with van der Waals surface area (Å²) in [4.78, 5) is 0.708. The normalized spacial score (nSPS) is 14.2. The topological polar surface area (TPSA) is 47.3 Å². The molecule has 0 amide bonds. The Morgan fingerprint density at radius 2 is 1.45 bits per heavy atom. The molecule has 5 aromatic rings. The van der Waals surface area contributed by atoms with Crippen molar-refractivity contribution < 1.29 is 12.8 Å². The van der Waals surface area contributed by atoms with Gasteiger partial charge in [0.1, 0.15) is 11.2 Å². The zero-order valence-corrected chi connectivity index (χ0v) is 17.4. The van der Waals surface area contributed by atoms with E-state index >= 15 is 0 Å². The van der Waals surface area contributed by atoms with Crippen LogP contribution in [0.3, 0.4) is 0 Å². The summed E-state index contributed by atoms with van der Waals surface area (Å²) >= 11 is 3.52. The van der Waals surface area contributed by atoms with Gasteiger partial charge in [-0.2, -0.15) is 0 Å². The molecule has 6 rings (SSSR count). The molecule has 0 bridgehead atoms. The fourth-order valence-corrected chi connectivity index (χ4v) is 6.54. The van der Waals surface area contributed by atoms with E-state index in [1.54, 1.807) is 18.2 Å². The minimum atomic E-state index is -3.49. The fourth-order valence-electron chi connectivity index (χ4n) is 4.15. The predicted octanol–water partition coefficient (Wildman–Crippen LogP) is 6.83. The van der Waals surface area contributed by atoms with E-state index in [1.165, 1.54) is 0 Å². The molecule has 0 saturated heterocycles. The van der Waals surface area contributed by atoms with Crippen LogP contribution in [0.1, 0.15) is 0 Å². The van der Waals surface area contributed by atoms with Gasteiger partial charge in [-0.05, 0) is 53.6 Å². The number of sulfone groups is 1. The maximum atomic E-state index is 12.9. The Labute approximate surface area is 175 Å². The van der Waals surface area contributed by atoms with Crippen LogP contribution in [-0.2, 0) is 9.84 Å². The maximum absolute atomic E-state index is 12.9. The number of para-hydroxylation sites is 1. The first-order valence-corrected chi connectivity index (χ1v) is 11.4. The summed E-state index contributed by atoms with van der Waals surface area (Å²) in [6.45, 7) is 0. The first-order chi connectivity index (χ1) is 14.0. The van der Waals surface area contributed by atoms with Crippen LogP contribution in [0.25, 0.3) is 44.2 Å². The standard InChI is InChI=1S/C24H13BrO3S/c25-19-5-3-7-23-24(19)18-12-14(9-11-22(18)29(23,26)27)15-8-10-17-16-4-1-2-6-20(16)28-21(17)13-15/h1-13H. The molecular weight excluding hydrogens is 448 g/mol. The maximum Gasteiger partial charge on any atom is 0.207 e. The monoisotopic (exact) mass is 460 g/mol. The highest BCUT2D eigenvalue weighted by Crippen LogP contribution is 2.47. The van der Waals surface area contributed by atoms with E-state index in [0.717, 1.165) is 48.7 Å². The van der Waals surface area contributed by atoms with Crippen LogP contribution in [0.5, 0.6) is 0 Å². The molecule has 0 N–H and O–H groups in total. The van der Waals surface area contributed by atoms with Crippen molar-refractivity contribution in [3.05, 3.63) is 83.3 Å². The number of furan rings is 1. The van der Waals surface area contributed by atoms with Crippen molar-refractivity contribution in [2.75, 3.05) is 0 Å². The Hall–Kier alpha value is -2.89. The molecule has 0 atom stereocenters. The summed E-state index contributed by atoms with van der Waals surface area (Å²) in [7, 11) is -3.49. The Morgan fingerprint density at radius 3 is 2.34 bits per heavy atom. The molecule has 5 heteroatoms. The summed E-state index contributed by atoms with van der Waals surface area (Å²) in [6.07, 6.45) is 0. The molecule has 4 aromatic carbocycles. The predicted molar refractivity (Wildman–Crippen MR) is 118 cm³/mol. The van der Waals surface area contributed by atoms with Crippen molar-refractivity contribution in [1.29, 1.82) is 0 Å². The molecule has 0 fully saturated rings. The molecule has 29 heavy (non-hydrogen) atoms. The zero-order chi connectivity index (χ0) is 19.8. The van der Waals surface area contributed by atoms with Gasteiger partial charge >= 0.3 is 0 Å². The molecule has 0 aliphatic carbocycles. The van der Waals surface area contributed by atoms with Gasteiger partial charge in [0.2, 0.25) is 9.84 Å². The van der Waals surface area contributed by atoms with E-state index in [9.17, 15) is 8.42 Å². The van der Waals surface area contributed by atoms with Crippen LogP contribution < -0.4 is 0 Å². The molecule has 1 aliphatic heterocycles. The van der Waals surface area contributed by atoms with Gasteiger partial charge < -0.3 is 4.42 Å². The molecule has 0 saturated carbocycles. The van der Waals surface area contributed by atoms with Crippen molar-refractivity contribution >= 4 is 47.7 Å². The van der Waals surface area contributed by atoms with E-state index in [0.29, 0.717) is 9.79 Å². The van der Waals surface area contributed by atoms with Crippen molar-refractivity contribution in [3.63, 3.8) is 0 Å². The number of fused-ring (bicyclic) bond motifs is 6. The van der Waals surface area contributed by atoms with Gasteiger partial charge in [-0.1, -0.05) is 52.3 Å². The smallest absolute Gasteiger partial charge is 0.207 e. The molecule has 0 unspecified atom stereocenters. The summed E-state index contributed by atoms with van der Waals surface area (Å²) in [5.41, 5.74) is 5.07. The average Bonchev–Trinajstić information content (AvgIpc) is 3.21. The number of hydrogen-bond acceptors (Lipinski definition) is 3. The van der Waals surface area contributed by atoms with Gasteiger partial charge in [-0.15, -0.1) is 0 Å². The van der Waals surface area contributed by atoms with Crippen LogP contribution in [0, 0.1) is 0 Å². The molecule has 1 aromatic heterocycles. The third kappa shape index (κ3) is 2.32. The van der Waals surface area contributed by atoms with Crippen molar-refractivity contribution in [3.8, 4) is 22.3 Å². The third-order valence-corrected chi connectivity index (χ3v) is 8.03. The van der Waals surface area contributed by atoms with Crippen molar-refractivity contribution in [2.45, 2.75) is 9.79 Å². The van der Waals surface area contributed by atoms with Crippen molar-refractivity contribution in [2.24, 2.45) is 0 Å². The van der Waals surface area contributed by atoms with Crippen LogP contribution in [0.4, 0.5) is 0 Å². The Balaban J connectivity index is 1.58. The summed E-state index contributed by atoms with van der Waals surface area (Å²) < 4.78 is 32.6. The highest BCUT2D eigenvalue weighted by atomic mass is 79.9. The zero-order valence-electron chi connectivity index (χ0n) is 15.0. The molecule has 0 spiro atoms. The van der Waals surface area contributed by atoms with Gasteiger partial charge in [0.25, 0.3) is 0 Å². The highest BCUT2D eigenvalue weighted by molar-refractivity contribution is 9.10. The minimum absolute atomic E-state index is 0.353. The third-order valence-electron chi connectivity index (χ3n) is 5.52. The van der Waals surface area contributed by atoms with Crippen LogP contribution in [0.15, 0.2) is 97.5 Å². The number of hydrogen-bond donors (Lipinski definition) is 0. The van der Waals surface area contributed by atoms with E-state index < -0.39 is 9.84 Å². The SMILES string of the molecule is O=S1(=O)c2ccc(-c3ccc4c(c3)oc3ccccc34)cc2-c2c(Br)cccc21.